The van der Waals surface area contributed by atoms with Gasteiger partial charge in [0.25, 0.3) is 0 Å². The van der Waals surface area contributed by atoms with Gasteiger partial charge in [-0.3, -0.25) is 9.58 Å². The number of nitrogens with zero attached hydrogens (tertiary/aromatic N) is 5. The van der Waals surface area contributed by atoms with Crippen LogP contribution >= 0.6 is 0 Å². The Morgan fingerprint density at radius 1 is 1.32 bits per heavy atom. The summed E-state index contributed by atoms with van der Waals surface area (Å²) in [6.07, 6.45) is 2.54. The number of rotatable bonds is 2. The lowest BCUT2D eigenvalue weighted by molar-refractivity contribution is 0.0870. The second-order valence-corrected chi connectivity index (χ2v) is 5.49. The molecule has 3 rings (SSSR count). The van der Waals surface area contributed by atoms with Gasteiger partial charge >= 0.3 is 0 Å². The summed E-state index contributed by atoms with van der Waals surface area (Å²) < 4.78 is 2.00. The number of piperidine rings is 1. The zero-order valence-corrected chi connectivity index (χ0v) is 11.5. The molecule has 5 heteroatoms. The molecule has 0 radical (unpaired) electrons. The minimum Gasteiger partial charge on any atom is -0.303 e. The van der Waals surface area contributed by atoms with Crippen molar-refractivity contribution in [3.63, 3.8) is 0 Å². The summed E-state index contributed by atoms with van der Waals surface area (Å²) in [5.74, 6) is 0. The Kier molecular flexibility index (Phi) is 3.54. The Morgan fingerprint density at radius 2 is 2.11 bits per heavy atom. The highest BCUT2D eigenvalue weighted by Gasteiger charge is 2.27. The number of hydrogen-bond donors (Lipinski definition) is 0. The Bertz CT molecular complexity index is 479. The molecule has 0 N–H and O–H groups in total. The average molecular weight is 259 g/mol. The van der Waals surface area contributed by atoms with Gasteiger partial charge in [-0.05, 0) is 38.5 Å². The van der Waals surface area contributed by atoms with Gasteiger partial charge in [0.1, 0.15) is 6.07 Å². The van der Waals surface area contributed by atoms with Crippen LogP contribution in [0.1, 0.15) is 31.2 Å². The lowest BCUT2D eigenvalue weighted by Crippen LogP contribution is -2.47. The van der Waals surface area contributed by atoms with Gasteiger partial charge < -0.3 is 4.90 Å². The van der Waals surface area contributed by atoms with Crippen molar-refractivity contribution in [1.29, 1.82) is 5.26 Å². The molecule has 2 aliphatic rings. The van der Waals surface area contributed by atoms with Crippen molar-refractivity contribution in [2.45, 2.75) is 38.9 Å². The third-order valence-corrected chi connectivity index (χ3v) is 4.46. The molecule has 0 atom stereocenters. The number of aromatic nitrogens is 2. The zero-order chi connectivity index (χ0) is 13.2. The second kappa shape index (κ2) is 5.32. The van der Waals surface area contributed by atoms with Gasteiger partial charge in [-0.1, -0.05) is 6.92 Å². The smallest absolute Gasteiger partial charge is 0.162 e. The molecular weight excluding hydrogens is 238 g/mol. The first kappa shape index (κ1) is 12.6. The predicted molar refractivity (Wildman–Crippen MR) is 72.5 cm³/mol. The highest BCUT2D eigenvalue weighted by Crippen LogP contribution is 2.22. The van der Waals surface area contributed by atoms with E-state index >= 15 is 0 Å². The van der Waals surface area contributed by atoms with Crippen molar-refractivity contribution in [1.82, 2.24) is 19.6 Å². The van der Waals surface area contributed by atoms with Crippen LogP contribution in [0.15, 0.2) is 6.07 Å². The minimum absolute atomic E-state index is 0.553. The predicted octanol–water partition coefficient (Wildman–Crippen LogP) is 1.05. The fourth-order valence-electron chi connectivity index (χ4n) is 3.25. The molecule has 2 aliphatic heterocycles. The number of hydrogen-bond acceptors (Lipinski definition) is 4. The summed E-state index contributed by atoms with van der Waals surface area (Å²) in [7, 11) is 0. The monoisotopic (exact) mass is 259 g/mol. The molecule has 0 spiro atoms. The van der Waals surface area contributed by atoms with Crippen LogP contribution in [0.25, 0.3) is 0 Å². The van der Waals surface area contributed by atoms with E-state index in [0.29, 0.717) is 11.7 Å². The first-order valence-corrected chi connectivity index (χ1v) is 7.23. The van der Waals surface area contributed by atoms with Crippen LogP contribution in [0.4, 0.5) is 0 Å². The third-order valence-electron chi connectivity index (χ3n) is 4.46. The van der Waals surface area contributed by atoms with Crippen LogP contribution in [-0.4, -0.2) is 51.8 Å². The van der Waals surface area contributed by atoms with Gasteiger partial charge in [-0.15, -0.1) is 0 Å². The standard InChI is InChI=1S/C14H21N5/c1-2-17-5-3-13(4-6-17)18-7-8-19-14(11-18)9-12(10-15)16-19/h9,13H,2-8,11H2,1H3. The van der Waals surface area contributed by atoms with Crippen LogP contribution < -0.4 is 0 Å². The summed E-state index contributed by atoms with van der Waals surface area (Å²) in [6, 6.07) is 4.78. The SMILES string of the molecule is CCN1CCC(N2CCn3nc(C#N)cc3C2)CC1. The Balaban J connectivity index is 1.64. The van der Waals surface area contributed by atoms with E-state index < -0.39 is 0 Å². The largest absolute Gasteiger partial charge is 0.303 e. The van der Waals surface area contributed by atoms with Gasteiger partial charge in [0, 0.05) is 19.1 Å². The molecule has 0 bridgehead atoms. The Labute approximate surface area is 114 Å². The summed E-state index contributed by atoms with van der Waals surface area (Å²) in [4.78, 5) is 5.10. The van der Waals surface area contributed by atoms with Crippen molar-refractivity contribution in [2.24, 2.45) is 0 Å². The zero-order valence-electron chi connectivity index (χ0n) is 11.5. The number of fused-ring (bicyclic) bond motifs is 1. The van der Waals surface area contributed by atoms with E-state index in [2.05, 4.69) is 27.9 Å². The van der Waals surface area contributed by atoms with E-state index in [4.69, 9.17) is 5.26 Å². The first-order chi connectivity index (χ1) is 9.30. The number of nitriles is 1. The van der Waals surface area contributed by atoms with E-state index in [-0.39, 0.29) is 0 Å². The van der Waals surface area contributed by atoms with Crippen LogP contribution in [0, 0.1) is 11.3 Å². The summed E-state index contributed by atoms with van der Waals surface area (Å²) in [5.41, 5.74) is 1.75. The topological polar surface area (TPSA) is 48.1 Å². The van der Waals surface area contributed by atoms with Crippen LogP contribution in [0.3, 0.4) is 0 Å². The first-order valence-electron chi connectivity index (χ1n) is 7.23. The molecule has 19 heavy (non-hydrogen) atoms. The van der Waals surface area contributed by atoms with Gasteiger partial charge in [0.05, 0.1) is 12.2 Å². The normalized spacial score (nSPS) is 22.1. The molecule has 102 valence electrons. The maximum absolute atomic E-state index is 8.91. The maximum atomic E-state index is 8.91. The molecule has 1 saturated heterocycles. The molecule has 0 saturated carbocycles. The molecule has 5 nitrogen and oxygen atoms in total. The van der Waals surface area contributed by atoms with Gasteiger partial charge in [0.15, 0.2) is 5.69 Å². The van der Waals surface area contributed by atoms with E-state index in [1.807, 2.05) is 10.7 Å². The quantitative estimate of drug-likeness (QED) is 0.796. The molecule has 1 fully saturated rings. The van der Waals surface area contributed by atoms with Crippen molar-refractivity contribution in [3.05, 3.63) is 17.5 Å². The highest BCUT2D eigenvalue weighted by atomic mass is 15.3. The van der Waals surface area contributed by atoms with Crippen LogP contribution in [0.2, 0.25) is 0 Å². The van der Waals surface area contributed by atoms with Crippen molar-refractivity contribution < 1.29 is 0 Å². The second-order valence-electron chi connectivity index (χ2n) is 5.49. The Morgan fingerprint density at radius 3 is 2.79 bits per heavy atom. The maximum Gasteiger partial charge on any atom is 0.162 e. The fraction of sp³-hybridized carbons (Fsp3) is 0.714. The lowest BCUT2D eigenvalue weighted by Gasteiger charge is -2.39. The van der Waals surface area contributed by atoms with E-state index in [1.54, 1.807) is 0 Å². The fourth-order valence-corrected chi connectivity index (χ4v) is 3.25. The lowest BCUT2D eigenvalue weighted by atomic mass is 10.0. The molecular formula is C14H21N5. The molecule has 3 heterocycles. The van der Waals surface area contributed by atoms with Crippen LogP contribution in [0.5, 0.6) is 0 Å². The van der Waals surface area contributed by atoms with E-state index in [1.165, 1.54) is 38.2 Å². The molecule has 0 amide bonds. The van der Waals surface area contributed by atoms with Crippen LogP contribution in [-0.2, 0) is 13.1 Å². The van der Waals surface area contributed by atoms with E-state index in [9.17, 15) is 0 Å². The molecule has 1 aromatic rings. The Hall–Kier alpha value is -1.38. The van der Waals surface area contributed by atoms with E-state index in [0.717, 1.165) is 19.6 Å². The molecule has 1 aromatic heterocycles. The minimum atomic E-state index is 0.553. The molecule has 0 unspecified atom stereocenters. The molecule has 0 aromatic carbocycles. The van der Waals surface area contributed by atoms with Crippen molar-refractivity contribution in [2.75, 3.05) is 26.2 Å². The van der Waals surface area contributed by atoms with Gasteiger partial charge in [-0.2, -0.15) is 10.4 Å². The summed E-state index contributed by atoms with van der Waals surface area (Å²) in [6.45, 7) is 8.79. The van der Waals surface area contributed by atoms with Gasteiger partial charge in [0.2, 0.25) is 0 Å². The third kappa shape index (κ3) is 2.51. The molecule has 0 aliphatic carbocycles. The number of likely N-dealkylation sites (tertiary alicyclic amines) is 1. The summed E-state index contributed by atoms with van der Waals surface area (Å²) in [5, 5.41) is 13.2. The van der Waals surface area contributed by atoms with Crippen molar-refractivity contribution >= 4 is 0 Å². The van der Waals surface area contributed by atoms with Crippen molar-refractivity contribution in [3.8, 4) is 6.07 Å². The highest BCUT2D eigenvalue weighted by molar-refractivity contribution is 5.23. The van der Waals surface area contributed by atoms with Gasteiger partial charge in [-0.25, -0.2) is 0 Å². The summed E-state index contributed by atoms with van der Waals surface area (Å²) >= 11 is 0. The average Bonchev–Trinajstić information content (AvgIpc) is 2.89.